The SMILES string of the molecule is C=CC1C[C@]1(NC(=O)[C@@H]1C[C@@H]2CN1C(=O)[C@H](C(C)C)Nc1nc(cs1)CCC/C=C\c1cccc3c1CN(C3)C(=O)O2)C(=O)NS(=O)(=O)C1CC1. The summed E-state index contributed by atoms with van der Waals surface area (Å²) in [5, 5.41) is 8.05. The summed E-state index contributed by atoms with van der Waals surface area (Å²) in [4.78, 5) is 63.4. The predicted molar refractivity (Wildman–Crippen MR) is 192 cm³/mol. The van der Waals surface area contributed by atoms with Crippen molar-refractivity contribution < 1.29 is 32.3 Å². The lowest BCUT2D eigenvalue weighted by Gasteiger charge is -2.31. The molecule has 272 valence electrons. The average molecular weight is 737 g/mol. The highest BCUT2D eigenvalue weighted by atomic mass is 32.2. The minimum atomic E-state index is -3.87. The number of rotatable bonds is 7. The Morgan fingerprint density at radius 2 is 2.02 bits per heavy atom. The van der Waals surface area contributed by atoms with Crippen molar-refractivity contribution in [1.29, 1.82) is 0 Å². The van der Waals surface area contributed by atoms with Crippen LogP contribution in [0.3, 0.4) is 0 Å². The summed E-state index contributed by atoms with van der Waals surface area (Å²) < 4.78 is 33.5. The smallest absolute Gasteiger partial charge is 0.410 e. The molecule has 3 N–H and O–H groups in total. The van der Waals surface area contributed by atoms with E-state index < -0.39 is 62.8 Å². The summed E-state index contributed by atoms with van der Waals surface area (Å²) >= 11 is 1.41. The van der Waals surface area contributed by atoms with Gasteiger partial charge in [-0.25, -0.2) is 18.2 Å². The number of nitrogens with zero attached hydrogens (tertiary/aromatic N) is 3. The van der Waals surface area contributed by atoms with Gasteiger partial charge in [0.1, 0.15) is 23.7 Å². The molecule has 15 heteroatoms. The number of sulfonamides is 1. The van der Waals surface area contributed by atoms with Crippen molar-refractivity contribution in [2.45, 2.75) is 101 Å². The van der Waals surface area contributed by atoms with E-state index in [0.717, 1.165) is 41.6 Å². The number of fused-ring (bicyclic) bond motifs is 5. The van der Waals surface area contributed by atoms with E-state index in [2.05, 4.69) is 34.1 Å². The first kappa shape index (κ1) is 35.2. The van der Waals surface area contributed by atoms with E-state index >= 15 is 0 Å². The molecule has 3 aliphatic heterocycles. The molecule has 1 unspecified atom stereocenters. The van der Waals surface area contributed by atoms with Crippen LogP contribution in [0.15, 0.2) is 42.3 Å². The Kier molecular flexibility index (Phi) is 9.46. The highest BCUT2D eigenvalue weighted by molar-refractivity contribution is 7.91. The number of anilines is 1. The normalized spacial score (nSPS) is 28.5. The fourth-order valence-corrected chi connectivity index (χ4v) is 9.42. The topological polar surface area (TPSA) is 167 Å². The summed E-state index contributed by atoms with van der Waals surface area (Å²) in [5.74, 6) is -2.52. The number of carbonyl (C=O) groups is 4. The number of aromatic nitrogens is 1. The van der Waals surface area contributed by atoms with E-state index in [9.17, 15) is 27.6 Å². The van der Waals surface area contributed by atoms with Crippen molar-refractivity contribution in [3.05, 3.63) is 64.7 Å². The molecule has 1 aromatic heterocycles. The summed E-state index contributed by atoms with van der Waals surface area (Å²) in [6, 6.07) is 4.17. The lowest BCUT2D eigenvalue weighted by atomic mass is 10.0. The molecule has 5 aliphatic rings. The van der Waals surface area contributed by atoms with Crippen LogP contribution >= 0.6 is 11.3 Å². The molecule has 6 bridgehead atoms. The highest BCUT2D eigenvalue weighted by Gasteiger charge is 2.62. The van der Waals surface area contributed by atoms with Crippen LogP contribution in [0, 0.1) is 11.8 Å². The molecule has 2 aliphatic carbocycles. The zero-order valence-corrected chi connectivity index (χ0v) is 30.4. The van der Waals surface area contributed by atoms with Gasteiger partial charge in [-0.15, -0.1) is 17.9 Å². The van der Waals surface area contributed by atoms with Gasteiger partial charge in [-0.3, -0.25) is 24.0 Å². The van der Waals surface area contributed by atoms with Crippen molar-refractivity contribution in [2.24, 2.45) is 11.8 Å². The maximum absolute atomic E-state index is 14.4. The fourth-order valence-electron chi connectivity index (χ4n) is 7.27. The minimum Gasteiger partial charge on any atom is -0.444 e. The number of benzene rings is 1. The first-order valence-corrected chi connectivity index (χ1v) is 20.1. The van der Waals surface area contributed by atoms with Crippen LogP contribution in [-0.2, 0) is 48.7 Å². The number of ether oxygens (including phenoxy) is 1. The largest absolute Gasteiger partial charge is 0.444 e. The second kappa shape index (κ2) is 13.7. The first-order valence-electron chi connectivity index (χ1n) is 17.6. The molecule has 1 saturated heterocycles. The minimum absolute atomic E-state index is 0.00112. The zero-order valence-electron chi connectivity index (χ0n) is 28.8. The molecule has 4 heterocycles. The molecule has 51 heavy (non-hydrogen) atoms. The van der Waals surface area contributed by atoms with Crippen molar-refractivity contribution in [2.75, 3.05) is 11.9 Å². The number of carbonyl (C=O) groups excluding carboxylic acids is 4. The quantitative estimate of drug-likeness (QED) is 0.359. The molecule has 2 saturated carbocycles. The molecular formula is C36H44N6O7S2. The van der Waals surface area contributed by atoms with E-state index in [-0.39, 0.29) is 31.2 Å². The van der Waals surface area contributed by atoms with E-state index in [0.29, 0.717) is 31.1 Å². The number of aryl methyl sites for hydroxylation is 1. The predicted octanol–water partition coefficient (Wildman–Crippen LogP) is 3.72. The molecule has 0 spiro atoms. The highest BCUT2D eigenvalue weighted by Crippen LogP contribution is 2.45. The van der Waals surface area contributed by atoms with Crippen LogP contribution in [0.1, 0.15) is 74.8 Å². The number of hydrogen-bond acceptors (Lipinski definition) is 10. The monoisotopic (exact) mass is 736 g/mol. The third-order valence-corrected chi connectivity index (χ3v) is 13.1. The van der Waals surface area contributed by atoms with Gasteiger partial charge in [-0.1, -0.05) is 50.3 Å². The molecule has 5 atom stereocenters. The molecule has 7 rings (SSSR count). The Morgan fingerprint density at radius 3 is 2.75 bits per heavy atom. The number of nitrogens with one attached hydrogen (secondary N) is 3. The van der Waals surface area contributed by atoms with Crippen LogP contribution in [0.25, 0.3) is 6.08 Å². The first-order chi connectivity index (χ1) is 24.4. The Balaban J connectivity index is 1.17. The summed E-state index contributed by atoms with van der Waals surface area (Å²) in [6.07, 6.45) is 8.05. The second-order valence-corrected chi connectivity index (χ2v) is 17.4. The molecular weight excluding hydrogens is 693 g/mol. The molecule has 0 radical (unpaired) electrons. The van der Waals surface area contributed by atoms with Gasteiger partial charge >= 0.3 is 6.09 Å². The summed E-state index contributed by atoms with van der Waals surface area (Å²) in [6.45, 7) is 8.29. The Morgan fingerprint density at radius 1 is 1.22 bits per heavy atom. The third-order valence-electron chi connectivity index (χ3n) is 10.5. The van der Waals surface area contributed by atoms with Crippen molar-refractivity contribution >= 4 is 56.4 Å². The standard InChI is InChI=1S/C36H44N6O7S2/c1-4-24-16-36(24,33(45)40-51(47,48)27-13-14-27)39-31(43)29-15-26-18-42(29)32(44)30(21(2)3)38-34-37-25(20-50-34)12-7-5-6-9-22-10-8-11-23-17-41(19-28(22)23)35(46)49-26/h4,6,8-11,20-21,24,26-27,29-30H,1,5,7,12-19H2,2-3H3,(H,37,38)(H,39,43)(H,40,45)/b9-6-/t24?,26-,29+,30+,36-/m1/s1. The molecule has 2 aromatic rings. The lowest BCUT2D eigenvalue weighted by Crippen LogP contribution is -2.58. The lowest BCUT2D eigenvalue weighted by molar-refractivity contribution is -0.140. The van der Waals surface area contributed by atoms with Gasteiger partial charge in [-0.2, -0.15) is 0 Å². The van der Waals surface area contributed by atoms with E-state index in [1.165, 1.54) is 22.3 Å². The maximum atomic E-state index is 14.4. The van der Waals surface area contributed by atoms with Gasteiger partial charge in [0, 0.05) is 24.3 Å². The Labute approximate surface area is 301 Å². The third kappa shape index (κ3) is 7.14. The van der Waals surface area contributed by atoms with Crippen LogP contribution in [0.2, 0.25) is 0 Å². The van der Waals surface area contributed by atoms with Gasteiger partial charge in [0.2, 0.25) is 21.8 Å². The summed E-state index contributed by atoms with van der Waals surface area (Å²) in [7, 11) is -3.87. The molecule has 13 nitrogen and oxygen atoms in total. The van der Waals surface area contributed by atoms with Crippen LogP contribution in [-0.4, -0.2) is 82.5 Å². The van der Waals surface area contributed by atoms with Crippen molar-refractivity contribution in [3.8, 4) is 0 Å². The molecule has 4 amide bonds. The number of hydrogen-bond donors (Lipinski definition) is 3. The zero-order chi connectivity index (χ0) is 36.1. The number of amides is 4. The van der Waals surface area contributed by atoms with Gasteiger partial charge in [0.15, 0.2) is 5.13 Å². The van der Waals surface area contributed by atoms with Crippen LogP contribution < -0.4 is 15.4 Å². The maximum Gasteiger partial charge on any atom is 0.410 e. The van der Waals surface area contributed by atoms with Crippen molar-refractivity contribution in [3.63, 3.8) is 0 Å². The Hall–Kier alpha value is -4.24. The van der Waals surface area contributed by atoms with E-state index in [1.54, 1.807) is 4.90 Å². The molecule has 3 fully saturated rings. The van der Waals surface area contributed by atoms with Crippen LogP contribution in [0.5, 0.6) is 0 Å². The van der Waals surface area contributed by atoms with Gasteiger partial charge in [0.25, 0.3) is 5.91 Å². The summed E-state index contributed by atoms with van der Waals surface area (Å²) in [5.41, 5.74) is 2.55. The van der Waals surface area contributed by atoms with E-state index in [4.69, 9.17) is 9.72 Å². The second-order valence-electron chi connectivity index (χ2n) is 14.6. The number of thiazole rings is 1. The van der Waals surface area contributed by atoms with Gasteiger partial charge < -0.3 is 20.3 Å². The average Bonchev–Trinajstić information content (AvgIpc) is 3.91. The number of allylic oxidation sites excluding steroid dienone is 1. The van der Waals surface area contributed by atoms with Crippen LogP contribution in [0.4, 0.5) is 9.93 Å². The van der Waals surface area contributed by atoms with Gasteiger partial charge in [0.05, 0.1) is 24.0 Å². The van der Waals surface area contributed by atoms with Gasteiger partial charge in [-0.05, 0) is 61.1 Å². The Bertz CT molecular complexity index is 1890. The van der Waals surface area contributed by atoms with E-state index in [1.807, 2.05) is 37.4 Å². The molecule has 1 aromatic carbocycles. The van der Waals surface area contributed by atoms with Crippen molar-refractivity contribution in [1.82, 2.24) is 24.8 Å². The fraction of sp³-hybridized carbons (Fsp3) is 0.528.